The molecule has 1 aliphatic rings. The van der Waals surface area contributed by atoms with Crippen LogP contribution in [0.15, 0.2) is 0 Å². The molecular formula is C11H19N7O2. The summed E-state index contributed by atoms with van der Waals surface area (Å²) in [5.74, 6) is 5.47. The van der Waals surface area contributed by atoms with Crippen molar-refractivity contribution in [3.05, 3.63) is 0 Å². The van der Waals surface area contributed by atoms with Crippen LogP contribution in [-0.4, -0.2) is 39.5 Å². The summed E-state index contributed by atoms with van der Waals surface area (Å²) in [7, 11) is 0. The van der Waals surface area contributed by atoms with E-state index in [4.69, 9.17) is 16.3 Å². The molecule has 0 saturated carbocycles. The molecule has 1 aliphatic heterocycles. The largest absolute Gasteiger partial charge is 0.461 e. The average molecular weight is 281 g/mol. The van der Waals surface area contributed by atoms with Crippen molar-refractivity contribution in [1.82, 2.24) is 15.0 Å². The Kier molecular flexibility index (Phi) is 4.18. The predicted molar refractivity (Wildman–Crippen MR) is 73.0 cm³/mol. The number of anilines is 2. The Labute approximate surface area is 116 Å². The summed E-state index contributed by atoms with van der Waals surface area (Å²) in [5.41, 5.74) is 7.75. The molecule has 9 nitrogen and oxygen atoms in total. The van der Waals surface area contributed by atoms with Gasteiger partial charge in [-0.25, -0.2) is 5.84 Å². The Bertz CT molecular complexity index is 494. The molecular weight excluding hydrogens is 262 g/mol. The van der Waals surface area contributed by atoms with Crippen LogP contribution >= 0.6 is 0 Å². The third-order valence-corrected chi connectivity index (χ3v) is 2.91. The van der Waals surface area contributed by atoms with E-state index < -0.39 is 11.9 Å². The zero-order chi connectivity index (χ0) is 14.7. The van der Waals surface area contributed by atoms with Crippen LogP contribution in [0.2, 0.25) is 0 Å². The van der Waals surface area contributed by atoms with Crippen molar-refractivity contribution < 1.29 is 9.53 Å². The highest BCUT2D eigenvalue weighted by Crippen LogP contribution is 2.24. The number of carbonyl (C=O) groups excluding carboxylic acids is 1. The third kappa shape index (κ3) is 3.05. The molecule has 0 aromatic carbocycles. The van der Waals surface area contributed by atoms with E-state index in [2.05, 4.69) is 20.4 Å². The van der Waals surface area contributed by atoms with Crippen LogP contribution in [0.3, 0.4) is 0 Å². The van der Waals surface area contributed by atoms with Crippen molar-refractivity contribution in [2.45, 2.75) is 38.8 Å². The van der Waals surface area contributed by atoms with Gasteiger partial charge in [-0.15, -0.1) is 0 Å². The van der Waals surface area contributed by atoms with Gasteiger partial charge in [0, 0.05) is 6.54 Å². The first kappa shape index (κ1) is 14.3. The first-order valence-corrected chi connectivity index (χ1v) is 6.46. The summed E-state index contributed by atoms with van der Waals surface area (Å²) >= 11 is 0. The minimum Gasteiger partial charge on any atom is -0.461 e. The maximum absolute atomic E-state index is 11.4. The van der Waals surface area contributed by atoms with Gasteiger partial charge in [-0.2, -0.15) is 15.0 Å². The summed E-state index contributed by atoms with van der Waals surface area (Å²) in [6.45, 7) is 4.38. The molecule has 0 aliphatic carbocycles. The van der Waals surface area contributed by atoms with Crippen LogP contribution in [0.5, 0.6) is 6.01 Å². The number of amides is 1. The van der Waals surface area contributed by atoms with E-state index in [0.717, 1.165) is 6.42 Å². The zero-order valence-electron chi connectivity index (χ0n) is 11.5. The Balaban J connectivity index is 2.32. The molecule has 5 N–H and O–H groups in total. The smallest absolute Gasteiger partial charge is 0.323 e. The monoisotopic (exact) mass is 281 g/mol. The Morgan fingerprint density at radius 2 is 2.20 bits per heavy atom. The predicted octanol–water partition coefficient (Wildman–Crippen LogP) is -0.601. The standard InChI is InChI=1S/C11H19N7O2/c1-6(2)20-11-15-9(17-13)14-10(16-11)18-5-3-4-7(18)8(12)19/h6-7H,3-5,13H2,1-2H3,(H2,12,19)(H,14,15,16,17). The normalized spacial score (nSPS) is 18.4. The van der Waals surface area contributed by atoms with Crippen molar-refractivity contribution in [2.75, 3.05) is 16.9 Å². The van der Waals surface area contributed by atoms with Crippen LogP contribution < -0.4 is 26.6 Å². The minimum absolute atomic E-state index is 0.0820. The van der Waals surface area contributed by atoms with Crippen molar-refractivity contribution in [3.63, 3.8) is 0 Å². The van der Waals surface area contributed by atoms with Crippen molar-refractivity contribution in [3.8, 4) is 6.01 Å². The molecule has 1 saturated heterocycles. The van der Waals surface area contributed by atoms with E-state index in [-0.39, 0.29) is 18.1 Å². The molecule has 2 heterocycles. The lowest BCUT2D eigenvalue weighted by Gasteiger charge is -2.22. The number of nitrogens with one attached hydrogen (secondary N) is 1. The second kappa shape index (κ2) is 5.87. The van der Waals surface area contributed by atoms with Crippen molar-refractivity contribution in [1.29, 1.82) is 0 Å². The summed E-state index contributed by atoms with van der Waals surface area (Å²) in [5, 5.41) is 0. The molecule has 1 fully saturated rings. The number of carbonyl (C=O) groups is 1. The number of rotatable bonds is 5. The summed E-state index contributed by atoms with van der Waals surface area (Å²) in [6, 6.07) is -0.247. The molecule has 110 valence electrons. The Morgan fingerprint density at radius 3 is 2.80 bits per heavy atom. The first-order chi connectivity index (χ1) is 9.51. The number of nitrogen functional groups attached to an aromatic ring is 1. The van der Waals surface area contributed by atoms with Crippen LogP contribution in [-0.2, 0) is 4.79 Å². The molecule has 20 heavy (non-hydrogen) atoms. The lowest BCUT2D eigenvalue weighted by molar-refractivity contribution is -0.119. The number of hydrazine groups is 1. The molecule has 1 aromatic heterocycles. The lowest BCUT2D eigenvalue weighted by atomic mass is 10.2. The van der Waals surface area contributed by atoms with Gasteiger partial charge < -0.3 is 15.4 Å². The van der Waals surface area contributed by atoms with Crippen LogP contribution in [0.1, 0.15) is 26.7 Å². The molecule has 0 spiro atoms. The fraction of sp³-hybridized carbons (Fsp3) is 0.636. The fourth-order valence-electron chi connectivity index (χ4n) is 2.10. The first-order valence-electron chi connectivity index (χ1n) is 6.46. The molecule has 9 heteroatoms. The van der Waals surface area contributed by atoms with Crippen molar-refractivity contribution >= 4 is 17.8 Å². The van der Waals surface area contributed by atoms with E-state index in [0.29, 0.717) is 18.9 Å². The topological polar surface area (TPSA) is 132 Å². The van der Waals surface area contributed by atoms with Gasteiger partial charge in [-0.1, -0.05) is 0 Å². The van der Waals surface area contributed by atoms with E-state index in [1.54, 1.807) is 4.90 Å². The van der Waals surface area contributed by atoms with Crippen LogP contribution in [0, 0.1) is 0 Å². The van der Waals surface area contributed by atoms with Gasteiger partial charge in [0.25, 0.3) is 0 Å². The van der Waals surface area contributed by atoms with Gasteiger partial charge in [0.2, 0.25) is 17.8 Å². The van der Waals surface area contributed by atoms with E-state index in [1.165, 1.54) is 0 Å². The lowest BCUT2D eigenvalue weighted by Crippen LogP contribution is -2.41. The quantitative estimate of drug-likeness (QED) is 0.481. The number of hydrogen-bond acceptors (Lipinski definition) is 8. The van der Waals surface area contributed by atoms with Crippen molar-refractivity contribution in [2.24, 2.45) is 11.6 Å². The second-order valence-corrected chi connectivity index (χ2v) is 4.81. The molecule has 1 amide bonds. The SMILES string of the molecule is CC(C)Oc1nc(NN)nc(N2CCCC2C(N)=O)n1. The summed E-state index contributed by atoms with van der Waals surface area (Å²) in [4.78, 5) is 25.6. The van der Waals surface area contributed by atoms with Gasteiger partial charge in [0.15, 0.2) is 0 Å². The van der Waals surface area contributed by atoms with Gasteiger partial charge in [0.1, 0.15) is 6.04 Å². The highest BCUT2D eigenvalue weighted by Gasteiger charge is 2.31. The summed E-state index contributed by atoms with van der Waals surface area (Å²) < 4.78 is 5.45. The molecule has 1 atom stereocenters. The van der Waals surface area contributed by atoms with E-state index in [1.807, 2.05) is 13.8 Å². The van der Waals surface area contributed by atoms with Gasteiger partial charge in [-0.05, 0) is 26.7 Å². The van der Waals surface area contributed by atoms with Gasteiger partial charge in [-0.3, -0.25) is 10.2 Å². The number of nitrogens with two attached hydrogens (primary N) is 2. The van der Waals surface area contributed by atoms with Crippen LogP contribution in [0.4, 0.5) is 11.9 Å². The molecule has 1 aromatic rings. The highest BCUT2D eigenvalue weighted by molar-refractivity contribution is 5.83. The third-order valence-electron chi connectivity index (χ3n) is 2.91. The number of primary amides is 1. The molecule has 0 bridgehead atoms. The number of hydrogen-bond donors (Lipinski definition) is 3. The van der Waals surface area contributed by atoms with E-state index >= 15 is 0 Å². The Morgan fingerprint density at radius 1 is 1.45 bits per heavy atom. The number of aromatic nitrogens is 3. The van der Waals surface area contributed by atoms with Gasteiger partial charge in [0.05, 0.1) is 6.10 Å². The summed E-state index contributed by atoms with van der Waals surface area (Å²) in [6.07, 6.45) is 1.46. The number of nitrogens with zero attached hydrogens (tertiary/aromatic N) is 4. The highest BCUT2D eigenvalue weighted by atomic mass is 16.5. The second-order valence-electron chi connectivity index (χ2n) is 4.81. The Hall–Kier alpha value is -2.16. The molecule has 1 unspecified atom stereocenters. The zero-order valence-corrected chi connectivity index (χ0v) is 11.5. The average Bonchev–Trinajstić information content (AvgIpc) is 2.86. The van der Waals surface area contributed by atoms with Gasteiger partial charge >= 0.3 is 6.01 Å². The molecule has 2 rings (SSSR count). The molecule has 0 radical (unpaired) electrons. The fourth-order valence-corrected chi connectivity index (χ4v) is 2.10. The maximum Gasteiger partial charge on any atom is 0.323 e. The van der Waals surface area contributed by atoms with Crippen LogP contribution in [0.25, 0.3) is 0 Å². The maximum atomic E-state index is 11.4. The minimum atomic E-state index is -0.407. The number of ether oxygens (including phenoxy) is 1. The van der Waals surface area contributed by atoms with E-state index in [9.17, 15) is 4.79 Å².